The molecule has 0 N–H and O–H groups in total. The highest BCUT2D eigenvalue weighted by Crippen LogP contribution is 2.24. The molecule has 0 saturated carbocycles. The van der Waals surface area contributed by atoms with E-state index in [-0.39, 0.29) is 11.8 Å². The van der Waals surface area contributed by atoms with Crippen LogP contribution in [0.4, 0.5) is 5.69 Å². The Labute approximate surface area is 155 Å². The molecule has 1 fully saturated rings. The molecule has 0 radical (unpaired) electrons. The first-order chi connectivity index (χ1) is 12.0. The summed E-state index contributed by atoms with van der Waals surface area (Å²) in [7, 11) is 1.58. The molecule has 25 heavy (non-hydrogen) atoms. The zero-order valence-electron chi connectivity index (χ0n) is 14.1. The topological polar surface area (TPSA) is 49.9 Å². The van der Waals surface area contributed by atoms with E-state index in [0.29, 0.717) is 24.4 Å². The van der Waals surface area contributed by atoms with E-state index < -0.39 is 6.04 Å². The first-order valence-electron chi connectivity index (χ1n) is 8.03. The molecule has 130 valence electrons. The Balaban J connectivity index is 1.76. The van der Waals surface area contributed by atoms with Gasteiger partial charge in [-0.3, -0.25) is 9.59 Å². The van der Waals surface area contributed by atoms with Gasteiger partial charge in [-0.05, 0) is 55.5 Å². The minimum absolute atomic E-state index is 0.0737. The maximum absolute atomic E-state index is 12.8. The summed E-state index contributed by atoms with van der Waals surface area (Å²) in [6.45, 7) is 2.75. The summed E-state index contributed by atoms with van der Waals surface area (Å²) in [6.07, 6.45) is 0. The summed E-state index contributed by atoms with van der Waals surface area (Å²) >= 11 is 3.40. The third-order valence-corrected chi connectivity index (χ3v) is 4.92. The number of piperazine rings is 1. The van der Waals surface area contributed by atoms with E-state index in [1.54, 1.807) is 48.1 Å². The van der Waals surface area contributed by atoms with Crippen molar-refractivity contribution in [2.75, 3.05) is 25.1 Å². The zero-order chi connectivity index (χ0) is 18.0. The van der Waals surface area contributed by atoms with E-state index in [0.717, 1.165) is 10.2 Å². The van der Waals surface area contributed by atoms with E-state index in [9.17, 15) is 9.59 Å². The lowest BCUT2D eigenvalue weighted by atomic mass is 10.1. The maximum atomic E-state index is 12.8. The van der Waals surface area contributed by atoms with Gasteiger partial charge in [-0.15, -0.1) is 0 Å². The summed E-state index contributed by atoms with van der Waals surface area (Å²) in [5, 5.41) is 0. The molecule has 0 aromatic heterocycles. The quantitative estimate of drug-likeness (QED) is 0.790. The smallest absolute Gasteiger partial charge is 0.254 e. The van der Waals surface area contributed by atoms with Crippen LogP contribution in [0.2, 0.25) is 0 Å². The lowest BCUT2D eigenvalue weighted by Gasteiger charge is -2.39. The molecule has 6 heteroatoms. The van der Waals surface area contributed by atoms with Crippen molar-refractivity contribution < 1.29 is 14.3 Å². The minimum Gasteiger partial charge on any atom is -0.497 e. The summed E-state index contributed by atoms with van der Waals surface area (Å²) in [5.74, 6) is 0.482. The molecule has 1 aliphatic rings. The van der Waals surface area contributed by atoms with Crippen LogP contribution in [-0.2, 0) is 4.79 Å². The van der Waals surface area contributed by atoms with E-state index in [2.05, 4.69) is 15.9 Å². The molecule has 1 saturated heterocycles. The average molecular weight is 403 g/mol. The van der Waals surface area contributed by atoms with Crippen LogP contribution in [-0.4, -0.2) is 43.0 Å². The molecule has 2 amide bonds. The minimum atomic E-state index is -0.507. The average Bonchev–Trinajstić information content (AvgIpc) is 2.64. The van der Waals surface area contributed by atoms with E-state index in [1.807, 2.05) is 24.3 Å². The van der Waals surface area contributed by atoms with E-state index in [4.69, 9.17) is 4.74 Å². The first kappa shape index (κ1) is 17.5. The third-order valence-electron chi connectivity index (χ3n) is 4.39. The second kappa shape index (κ2) is 7.27. The predicted octanol–water partition coefficient (Wildman–Crippen LogP) is 3.34. The Morgan fingerprint density at radius 3 is 2.32 bits per heavy atom. The highest BCUT2D eigenvalue weighted by atomic mass is 79.9. The van der Waals surface area contributed by atoms with Crippen molar-refractivity contribution in [3.05, 3.63) is 58.6 Å². The fourth-order valence-corrected chi connectivity index (χ4v) is 3.19. The van der Waals surface area contributed by atoms with Crippen molar-refractivity contribution in [1.29, 1.82) is 0 Å². The largest absolute Gasteiger partial charge is 0.497 e. The molecule has 0 spiro atoms. The molecule has 3 rings (SSSR count). The molecule has 1 heterocycles. The van der Waals surface area contributed by atoms with E-state index in [1.165, 1.54) is 0 Å². The highest BCUT2D eigenvalue weighted by molar-refractivity contribution is 9.10. The number of carbonyl (C=O) groups excluding carboxylic acids is 2. The summed E-state index contributed by atoms with van der Waals surface area (Å²) < 4.78 is 6.08. The molecule has 2 aromatic rings. The van der Waals surface area contributed by atoms with Crippen molar-refractivity contribution in [2.24, 2.45) is 0 Å². The van der Waals surface area contributed by atoms with Crippen molar-refractivity contribution in [3.8, 4) is 5.75 Å². The molecule has 5 nitrogen and oxygen atoms in total. The number of carbonyl (C=O) groups is 2. The number of anilines is 1. The molecular weight excluding hydrogens is 384 g/mol. The van der Waals surface area contributed by atoms with Crippen LogP contribution in [0.3, 0.4) is 0 Å². The Hall–Kier alpha value is -2.34. The molecule has 0 aliphatic carbocycles. The van der Waals surface area contributed by atoms with Gasteiger partial charge in [0, 0.05) is 28.8 Å². The number of ether oxygens (including phenoxy) is 1. The maximum Gasteiger partial charge on any atom is 0.254 e. The predicted molar refractivity (Wildman–Crippen MR) is 100.0 cm³/mol. The molecular formula is C19H19BrN2O3. The van der Waals surface area contributed by atoms with Crippen molar-refractivity contribution in [1.82, 2.24) is 4.90 Å². The number of amides is 2. The number of hydrogen-bond acceptors (Lipinski definition) is 3. The van der Waals surface area contributed by atoms with Gasteiger partial charge in [0.15, 0.2) is 0 Å². The van der Waals surface area contributed by atoms with Crippen molar-refractivity contribution in [3.63, 3.8) is 0 Å². The third kappa shape index (κ3) is 3.54. The van der Waals surface area contributed by atoms with Crippen LogP contribution in [0.1, 0.15) is 17.3 Å². The van der Waals surface area contributed by atoms with Gasteiger partial charge in [0.1, 0.15) is 11.8 Å². The second-order valence-corrected chi connectivity index (χ2v) is 6.78. The van der Waals surface area contributed by atoms with Gasteiger partial charge in [-0.2, -0.15) is 0 Å². The van der Waals surface area contributed by atoms with Gasteiger partial charge in [-0.1, -0.05) is 15.9 Å². The normalized spacial score (nSPS) is 17.6. The van der Waals surface area contributed by atoms with Gasteiger partial charge in [-0.25, -0.2) is 0 Å². The van der Waals surface area contributed by atoms with Crippen LogP contribution in [0.15, 0.2) is 53.0 Å². The molecule has 2 aromatic carbocycles. The van der Waals surface area contributed by atoms with Gasteiger partial charge < -0.3 is 14.5 Å². The Bertz CT molecular complexity index is 774. The standard InChI is InChI=1S/C19H19BrN2O3/c1-13-18(23)22(16-7-5-15(20)6-8-16)12-11-21(13)19(24)14-3-9-17(25-2)10-4-14/h3-10,13H,11-12H2,1-2H3. The molecule has 1 unspecified atom stereocenters. The number of methoxy groups -OCH3 is 1. The molecule has 1 aliphatic heterocycles. The monoisotopic (exact) mass is 402 g/mol. The van der Waals surface area contributed by atoms with Crippen molar-refractivity contribution >= 4 is 33.4 Å². The Morgan fingerprint density at radius 1 is 1.08 bits per heavy atom. The number of hydrogen-bond donors (Lipinski definition) is 0. The first-order valence-corrected chi connectivity index (χ1v) is 8.82. The van der Waals surface area contributed by atoms with Crippen LogP contribution in [0, 0.1) is 0 Å². The summed E-state index contributed by atoms with van der Waals surface area (Å²) in [6, 6.07) is 14.0. The van der Waals surface area contributed by atoms with Gasteiger partial charge in [0.25, 0.3) is 5.91 Å². The summed E-state index contributed by atoms with van der Waals surface area (Å²) in [4.78, 5) is 28.9. The van der Waals surface area contributed by atoms with E-state index >= 15 is 0 Å². The molecule has 0 bridgehead atoms. The van der Waals surface area contributed by atoms with Crippen molar-refractivity contribution in [2.45, 2.75) is 13.0 Å². The van der Waals surface area contributed by atoms with Crippen LogP contribution < -0.4 is 9.64 Å². The van der Waals surface area contributed by atoms with Crippen LogP contribution in [0.5, 0.6) is 5.75 Å². The number of rotatable bonds is 3. The number of benzene rings is 2. The molecule has 1 atom stereocenters. The van der Waals surface area contributed by atoms with Gasteiger partial charge >= 0.3 is 0 Å². The lowest BCUT2D eigenvalue weighted by molar-refractivity contribution is -0.124. The SMILES string of the molecule is COc1ccc(C(=O)N2CCN(c3ccc(Br)cc3)C(=O)C2C)cc1. The lowest BCUT2D eigenvalue weighted by Crippen LogP contribution is -2.57. The summed E-state index contributed by atoms with van der Waals surface area (Å²) in [5.41, 5.74) is 1.40. The number of nitrogens with zero attached hydrogens (tertiary/aromatic N) is 2. The second-order valence-electron chi connectivity index (χ2n) is 5.87. The number of halogens is 1. The fraction of sp³-hybridized carbons (Fsp3) is 0.263. The Morgan fingerprint density at radius 2 is 1.72 bits per heavy atom. The highest BCUT2D eigenvalue weighted by Gasteiger charge is 2.35. The van der Waals surface area contributed by atoms with Crippen LogP contribution in [0.25, 0.3) is 0 Å². The Kier molecular flexibility index (Phi) is 5.08. The van der Waals surface area contributed by atoms with Gasteiger partial charge in [0.2, 0.25) is 5.91 Å². The zero-order valence-corrected chi connectivity index (χ0v) is 15.7. The van der Waals surface area contributed by atoms with Gasteiger partial charge in [0.05, 0.1) is 7.11 Å². The fourth-order valence-electron chi connectivity index (χ4n) is 2.92. The van der Waals surface area contributed by atoms with Crippen LogP contribution >= 0.6 is 15.9 Å².